The molecule has 0 saturated heterocycles. The molecule has 1 N–H and O–H groups in total. The standard InChI is InChI=1S/C26H31FN4O/c1-15(2)12-31(13-16(3)4)20-9-18-7-8-23(28-25(18)22(27)11-20)21-10-19-14-30(6)29-24(19)17(5)26(21)32/h7-11,14-16,32H,12-13H2,1-6H3. The Hall–Kier alpha value is -3.15. The molecular weight excluding hydrogens is 403 g/mol. The van der Waals surface area contributed by atoms with Crippen LogP contribution in [-0.2, 0) is 7.05 Å². The first-order valence-corrected chi connectivity index (χ1v) is 11.2. The third-order valence-electron chi connectivity index (χ3n) is 5.67. The second-order valence-corrected chi connectivity index (χ2v) is 9.53. The number of phenols is 1. The Morgan fingerprint density at radius 1 is 1.00 bits per heavy atom. The fourth-order valence-electron chi connectivity index (χ4n) is 4.31. The van der Waals surface area contributed by atoms with Crippen molar-refractivity contribution < 1.29 is 9.50 Å². The van der Waals surface area contributed by atoms with Crippen molar-refractivity contribution in [1.82, 2.24) is 14.8 Å². The van der Waals surface area contributed by atoms with Crippen LogP contribution in [0, 0.1) is 24.6 Å². The van der Waals surface area contributed by atoms with E-state index in [4.69, 9.17) is 0 Å². The van der Waals surface area contributed by atoms with Gasteiger partial charge in [-0.25, -0.2) is 9.37 Å². The first-order valence-electron chi connectivity index (χ1n) is 11.2. The molecule has 5 nitrogen and oxygen atoms in total. The van der Waals surface area contributed by atoms with E-state index < -0.39 is 0 Å². The molecule has 0 aliphatic rings. The molecule has 0 amide bonds. The Balaban J connectivity index is 1.80. The predicted molar refractivity (Wildman–Crippen MR) is 130 cm³/mol. The van der Waals surface area contributed by atoms with Gasteiger partial charge in [-0.1, -0.05) is 33.8 Å². The highest BCUT2D eigenvalue weighted by molar-refractivity contribution is 5.92. The van der Waals surface area contributed by atoms with Crippen molar-refractivity contribution in [3.63, 3.8) is 0 Å². The summed E-state index contributed by atoms with van der Waals surface area (Å²) in [6.45, 7) is 12.3. The molecule has 168 valence electrons. The van der Waals surface area contributed by atoms with Crippen molar-refractivity contribution in [2.45, 2.75) is 34.6 Å². The second-order valence-electron chi connectivity index (χ2n) is 9.53. The highest BCUT2D eigenvalue weighted by Gasteiger charge is 2.18. The summed E-state index contributed by atoms with van der Waals surface area (Å²) in [4.78, 5) is 6.85. The maximum atomic E-state index is 15.2. The van der Waals surface area contributed by atoms with Crippen LogP contribution >= 0.6 is 0 Å². The van der Waals surface area contributed by atoms with E-state index >= 15 is 4.39 Å². The molecule has 0 saturated carbocycles. The van der Waals surface area contributed by atoms with Crippen LogP contribution in [0.2, 0.25) is 0 Å². The first kappa shape index (κ1) is 22.1. The number of aryl methyl sites for hydroxylation is 2. The Morgan fingerprint density at radius 3 is 2.34 bits per heavy atom. The summed E-state index contributed by atoms with van der Waals surface area (Å²) in [5.41, 5.74) is 3.74. The molecule has 2 aromatic carbocycles. The van der Waals surface area contributed by atoms with Gasteiger partial charge in [-0.05, 0) is 43.0 Å². The molecule has 2 heterocycles. The summed E-state index contributed by atoms with van der Waals surface area (Å²) in [6.07, 6.45) is 1.90. The van der Waals surface area contributed by atoms with E-state index in [2.05, 4.69) is 42.7 Å². The van der Waals surface area contributed by atoms with E-state index in [1.165, 1.54) is 0 Å². The van der Waals surface area contributed by atoms with E-state index in [1.54, 1.807) is 10.7 Å². The van der Waals surface area contributed by atoms with E-state index in [-0.39, 0.29) is 11.6 Å². The molecular formula is C26H31FN4O. The van der Waals surface area contributed by atoms with Crippen LogP contribution in [0.25, 0.3) is 33.1 Å². The molecule has 4 rings (SSSR count). The van der Waals surface area contributed by atoms with Crippen molar-refractivity contribution in [2.75, 3.05) is 18.0 Å². The molecule has 0 bridgehead atoms. The average Bonchev–Trinajstić information content (AvgIpc) is 3.10. The molecule has 0 radical (unpaired) electrons. The molecule has 0 spiro atoms. The monoisotopic (exact) mass is 434 g/mol. The van der Waals surface area contributed by atoms with E-state index in [1.807, 2.05) is 44.4 Å². The summed E-state index contributed by atoms with van der Waals surface area (Å²) >= 11 is 0. The lowest BCUT2D eigenvalue weighted by Crippen LogP contribution is -2.31. The van der Waals surface area contributed by atoms with Gasteiger partial charge in [0.25, 0.3) is 0 Å². The molecule has 0 fully saturated rings. The first-order chi connectivity index (χ1) is 15.1. The molecule has 2 aromatic heterocycles. The van der Waals surface area contributed by atoms with E-state index in [0.29, 0.717) is 34.2 Å². The number of aromatic hydroxyl groups is 1. The molecule has 4 aromatic rings. The third-order valence-corrected chi connectivity index (χ3v) is 5.67. The van der Waals surface area contributed by atoms with Crippen molar-refractivity contribution >= 4 is 27.5 Å². The number of hydrogen-bond acceptors (Lipinski definition) is 4. The third kappa shape index (κ3) is 4.14. The number of hydrogen-bond donors (Lipinski definition) is 1. The minimum Gasteiger partial charge on any atom is -0.507 e. The number of aromatic nitrogens is 3. The molecule has 0 aliphatic heterocycles. The van der Waals surface area contributed by atoms with Crippen molar-refractivity contribution in [3.05, 3.63) is 47.9 Å². The Morgan fingerprint density at radius 2 is 1.69 bits per heavy atom. The highest BCUT2D eigenvalue weighted by Crippen LogP contribution is 2.37. The lowest BCUT2D eigenvalue weighted by atomic mass is 10.0. The number of benzene rings is 2. The summed E-state index contributed by atoms with van der Waals surface area (Å²) in [6, 6.07) is 9.18. The number of fused-ring (bicyclic) bond motifs is 2. The lowest BCUT2D eigenvalue weighted by molar-refractivity contribution is 0.474. The van der Waals surface area contributed by atoms with E-state index in [9.17, 15) is 5.11 Å². The lowest BCUT2D eigenvalue weighted by Gasteiger charge is -2.29. The summed E-state index contributed by atoms with van der Waals surface area (Å²) in [7, 11) is 1.85. The van der Waals surface area contributed by atoms with Crippen LogP contribution in [0.4, 0.5) is 10.1 Å². The van der Waals surface area contributed by atoms with Crippen molar-refractivity contribution in [3.8, 4) is 17.0 Å². The van der Waals surface area contributed by atoms with Gasteiger partial charge in [0.1, 0.15) is 11.3 Å². The van der Waals surface area contributed by atoms with Crippen LogP contribution in [0.1, 0.15) is 33.3 Å². The quantitative estimate of drug-likeness (QED) is 0.401. The van der Waals surface area contributed by atoms with Gasteiger partial charge in [0.15, 0.2) is 5.82 Å². The van der Waals surface area contributed by atoms with Crippen LogP contribution in [-0.4, -0.2) is 33.0 Å². The molecule has 0 atom stereocenters. The molecule has 6 heteroatoms. The zero-order chi connectivity index (χ0) is 23.2. The summed E-state index contributed by atoms with van der Waals surface area (Å²) in [5.74, 6) is 0.721. The van der Waals surface area contributed by atoms with Gasteiger partial charge < -0.3 is 10.0 Å². The summed E-state index contributed by atoms with van der Waals surface area (Å²) in [5, 5.41) is 16.9. The van der Waals surface area contributed by atoms with Gasteiger partial charge >= 0.3 is 0 Å². The van der Waals surface area contributed by atoms with Crippen LogP contribution in [0.15, 0.2) is 36.5 Å². The van der Waals surface area contributed by atoms with E-state index in [0.717, 1.165) is 35.1 Å². The minimum atomic E-state index is -0.351. The van der Waals surface area contributed by atoms with Gasteiger partial charge in [-0.3, -0.25) is 4.68 Å². The molecule has 0 aliphatic carbocycles. The fraction of sp³-hybridized carbons (Fsp3) is 0.385. The molecule has 32 heavy (non-hydrogen) atoms. The number of nitrogens with zero attached hydrogens (tertiary/aromatic N) is 4. The van der Waals surface area contributed by atoms with Gasteiger partial charge in [-0.15, -0.1) is 0 Å². The maximum absolute atomic E-state index is 15.2. The number of rotatable bonds is 6. The second kappa shape index (κ2) is 8.41. The smallest absolute Gasteiger partial charge is 0.151 e. The van der Waals surface area contributed by atoms with Crippen LogP contribution in [0.5, 0.6) is 5.75 Å². The van der Waals surface area contributed by atoms with Gasteiger partial charge in [0.2, 0.25) is 0 Å². The highest BCUT2D eigenvalue weighted by atomic mass is 19.1. The number of anilines is 1. The average molecular weight is 435 g/mol. The minimum absolute atomic E-state index is 0.125. The zero-order valence-electron chi connectivity index (χ0n) is 19.6. The van der Waals surface area contributed by atoms with Crippen molar-refractivity contribution in [1.29, 1.82) is 0 Å². The van der Waals surface area contributed by atoms with Gasteiger partial charge in [-0.2, -0.15) is 5.10 Å². The fourth-order valence-corrected chi connectivity index (χ4v) is 4.31. The maximum Gasteiger partial charge on any atom is 0.151 e. The zero-order valence-corrected chi connectivity index (χ0v) is 19.6. The van der Waals surface area contributed by atoms with Crippen molar-refractivity contribution in [2.24, 2.45) is 18.9 Å². The van der Waals surface area contributed by atoms with Gasteiger partial charge in [0, 0.05) is 53.9 Å². The largest absolute Gasteiger partial charge is 0.507 e. The number of halogens is 1. The normalized spacial score (nSPS) is 11.9. The predicted octanol–water partition coefficient (Wildman–Crippen LogP) is 6.06. The topological polar surface area (TPSA) is 54.2 Å². The van der Waals surface area contributed by atoms with Gasteiger partial charge in [0.05, 0.1) is 11.2 Å². The Kier molecular flexibility index (Phi) is 5.80. The Bertz CT molecular complexity index is 1280. The number of phenolic OH excluding ortho intramolecular Hbond substituents is 1. The molecule has 0 unspecified atom stereocenters. The number of pyridine rings is 1. The SMILES string of the molecule is Cc1c(O)c(-c2ccc3cc(N(CC(C)C)CC(C)C)cc(F)c3n2)cc2cn(C)nc12. The van der Waals surface area contributed by atoms with Crippen LogP contribution < -0.4 is 4.90 Å². The summed E-state index contributed by atoms with van der Waals surface area (Å²) < 4.78 is 17.0. The van der Waals surface area contributed by atoms with Crippen LogP contribution in [0.3, 0.4) is 0 Å². The Labute approximate surface area is 188 Å².